The van der Waals surface area contributed by atoms with Crippen molar-refractivity contribution in [2.75, 3.05) is 5.32 Å². The molecule has 106 valence electrons. The third kappa shape index (κ3) is 1.99. The van der Waals surface area contributed by atoms with Crippen molar-refractivity contribution in [1.29, 1.82) is 0 Å². The highest BCUT2D eigenvalue weighted by molar-refractivity contribution is 6.12. The molecule has 21 heavy (non-hydrogen) atoms. The third-order valence-electron chi connectivity index (χ3n) is 3.96. The van der Waals surface area contributed by atoms with E-state index in [9.17, 15) is 4.79 Å². The Kier molecular flexibility index (Phi) is 2.57. The fourth-order valence-corrected chi connectivity index (χ4v) is 2.62. The van der Waals surface area contributed by atoms with Gasteiger partial charge in [-0.1, -0.05) is 0 Å². The molecule has 0 aliphatic heterocycles. The van der Waals surface area contributed by atoms with Crippen LogP contribution in [0, 0.1) is 6.92 Å². The molecule has 0 bridgehead atoms. The summed E-state index contributed by atoms with van der Waals surface area (Å²) in [6, 6.07) is 3.69. The van der Waals surface area contributed by atoms with Crippen LogP contribution in [-0.4, -0.2) is 26.1 Å². The number of H-pyrrole nitrogens is 2. The Morgan fingerprint density at radius 1 is 1.43 bits per heavy atom. The number of carbonyl (C=O) groups excluding carboxylic acids is 1. The van der Waals surface area contributed by atoms with Gasteiger partial charge in [0.25, 0.3) is 5.91 Å². The van der Waals surface area contributed by atoms with Crippen LogP contribution in [0.3, 0.4) is 0 Å². The maximum atomic E-state index is 12.4. The number of aromatic nitrogens is 4. The van der Waals surface area contributed by atoms with E-state index in [-0.39, 0.29) is 5.91 Å². The number of fused-ring (bicyclic) bond motifs is 1. The average molecular weight is 281 g/mol. The van der Waals surface area contributed by atoms with Crippen LogP contribution in [0.5, 0.6) is 0 Å². The van der Waals surface area contributed by atoms with Crippen molar-refractivity contribution in [3.8, 4) is 0 Å². The van der Waals surface area contributed by atoms with E-state index in [1.165, 1.54) is 12.8 Å². The SMILES string of the molecule is Cc1c(NC(=O)c2c[nH]c3ncccc23)n[nH]c1C1CC1. The lowest BCUT2D eigenvalue weighted by Gasteiger charge is -2.02. The van der Waals surface area contributed by atoms with Crippen molar-refractivity contribution in [1.82, 2.24) is 20.2 Å². The molecule has 1 fully saturated rings. The van der Waals surface area contributed by atoms with Crippen molar-refractivity contribution < 1.29 is 4.79 Å². The largest absolute Gasteiger partial charge is 0.345 e. The number of nitrogens with zero attached hydrogens (tertiary/aromatic N) is 2. The first-order valence-corrected chi connectivity index (χ1v) is 7.02. The summed E-state index contributed by atoms with van der Waals surface area (Å²) >= 11 is 0. The van der Waals surface area contributed by atoms with Crippen LogP contribution in [0.25, 0.3) is 11.0 Å². The Balaban J connectivity index is 1.63. The summed E-state index contributed by atoms with van der Waals surface area (Å²) in [4.78, 5) is 19.6. The molecule has 3 aromatic rings. The number of nitrogens with one attached hydrogen (secondary N) is 3. The minimum Gasteiger partial charge on any atom is -0.345 e. The lowest BCUT2D eigenvalue weighted by molar-refractivity contribution is 0.102. The molecule has 1 saturated carbocycles. The molecular weight excluding hydrogens is 266 g/mol. The summed E-state index contributed by atoms with van der Waals surface area (Å²) in [5, 5.41) is 11.0. The first kappa shape index (κ1) is 12.1. The van der Waals surface area contributed by atoms with Gasteiger partial charge in [-0.05, 0) is 31.9 Å². The van der Waals surface area contributed by atoms with E-state index in [1.807, 2.05) is 19.1 Å². The van der Waals surface area contributed by atoms with Gasteiger partial charge in [-0.3, -0.25) is 9.89 Å². The van der Waals surface area contributed by atoms with Gasteiger partial charge in [0, 0.05) is 35.0 Å². The minimum absolute atomic E-state index is 0.175. The molecule has 1 aliphatic carbocycles. The topological polar surface area (TPSA) is 86.5 Å². The summed E-state index contributed by atoms with van der Waals surface area (Å²) in [6.07, 6.45) is 5.77. The highest BCUT2D eigenvalue weighted by atomic mass is 16.1. The van der Waals surface area contributed by atoms with E-state index < -0.39 is 0 Å². The van der Waals surface area contributed by atoms with Crippen LogP contribution in [-0.2, 0) is 0 Å². The molecule has 0 radical (unpaired) electrons. The number of aromatic amines is 2. The Hall–Kier alpha value is -2.63. The molecule has 1 amide bonds. The van der Waals surface area contributed by atoms with Crippen molar-refractivity contribution >= 4 is 22.8 Å². The Morgan fingerprint density at radius 3 is 3.10 bits per heavy atom. The van der Waals surface area contributed by atoms with Crippen LogP contribution < -0.4 is 5.32 Å². The van der Waals surface area contributed by atoms with Gasteiger partial charge in [-0.15, -0.1) is 0 Å². The molecule has 1 aliphatic rings. The first-order valence-electron chi connectivity index (χ1n) is 7.02. The van der Waals surface area contributed by atoms with E-state index in [2.05, 4.69) is 25.5 Å². The van der Waals surface area contributed by atoms with Gasteiger partial charge in [-0.25, -0.2) is 4.98 Å². The molecule has 0 atom stereocenters. The number of pyridine rings is 1. The molecule has 0 aromatic carbocycles. The second-order valence-corrected chi connectivity index (χ2v) is 5.44. The summed E-state index contributed by atoms with van der Waals surface area (Å²) in [5.41, 5.74) is 3.46. The summed E-state index contributed by atoms with van der Waals surface area (Å²) in [7, 11) is 0. The normalized spacial score (nSPS) is 14.5. The Morgan fingerprint density at radius 2 is 2.29 bits per heavy atom. The summed E-state index contributed by atoms with van der Waals surface area (Å²) in [6.45, 7) is 1.99. The Labute approximate surface area is 121 Å². The number of rotatable bonds is 3. The molecule has 4 rings (SSSR count). The van der Waals surface area contributed by atoms with Gasteiger partial charge >= 0.3 is 0 Å². The zero-order valence-electron chi connectivity index (χ0n) is 11.6. The van der Waals surface area contributed by atoms with Gasteiger partial charge in [0.15, 0.2) is 5.82 Å². The predicted molar refractivity (Wildman–Crippen MR) is 79.3 cm³/mol. The molecule has 0 unspecified atom stereocenters. The number of carbonyl (C=O) groups is 1. The fourth-order valence-electron chi connectivity index (χ4n) is 2.62. The van der Waals surface area contributed by atoms with Crippen LogP contribution in [0.2, 0.25) is 0 Å². The molecule has 3 N–H and O–H groups in total. The molecule has 3 aromatic heterocycles. The van der Waals surface area contributed by atoms with Crippen LogP contribution in [0.1, 0.15) is 40.4 Å². The van der Waals surface area contributed by atoms with Crippen LogP contribution >= 0.6 is 0 Å². The van der Waals surface area contributed by atoms with Gasteiger partial charge in [0.05, 0.1) is 5.56 Å². The lowest BCUT2D eigenvalue weighted by Crippen LogP contribution is -2.12. The maximum Gasteiger partial charge on any atom is 0.259 e. The number of hydrogen-bond acceptors (Lipinski definition) is 3. The molecular formula is C15H15N5O. The lowest BCUT2D eigenvalue weighted by atomic mass is 10.2. The van der Waals surface area contributed by atoms with E-state index in [0.717, 1.165) is 16.6 Å². The van der Waals surface area contributed by atoms with E-state index >= 15 is 0 Å². The highest BCUT2D eigenvalue weighted by Gasteiger charge is 2.28. The van der Waals surface area contributed by atoms with Crippen molar-refractivity contribution in [3.05, 3.63) is 41.3 Å². The van der Waals surface area contributed by atoms with Gasteiger partial charge in [-0.2, -0.15) is 5.10 Å². The summed E-state index contributed by atoms with van der Waals surface area (Å²) in [5.74, 6) is 1.02. The highest BCUT2D eigenvalue weighted by Crippen LogP contribution is 2.41. The molecule has 0 saturated heterocycles. The molecule has 6 heteroatoms. The van der Waals surface area contributed by atoms with Crippen molar-refractivity contribution in [2.24, 2.45) is 0 Å². The monoisotopic (exact) mass is 281 g/mol. The third-order valence-corrected chi connectivity index (χ3v) is 3.96. The molecule has 0 spiro atoms. The van der Waals surface area contributed by atoms with Crippen molar-refractivity contribution in [2.45, 2.75) is 25.7 Å². The second-order valence-electron chi connectivity index (χ2n) is 5.44. The molecule has 6 nitrogen and oxygen atoms in total. The standard InChI is InChI=1S/C15H15N5O/c1-8-12(9-4-5-9)19-20-13(8)18-15(21)11-7-17-14-10(11)3-2-6-16-14/h2-3,6-7,9H,4-5H2,1H3,(H,16,17)(H2,18,19,20,21). The zero-order valence-corrected chi connectivity index (χ0v) is 11.6. The maximum absolute atomic E-state index is 12.4. The van der Waals surface area contributed by atoms with E-state index in [4.69, 9.17) is 0 Å². The average Bonchev–Trinajstić information content (AvgIpc) is 3.14. The van der Waals surface area contributed by atoms with Gasteiger partial charge in [0.1, 0.15) is 5.65 Å². The number of amides is 1. The quantitative estimate of drug-likeness (QED) is 0.690. The molecule has 3 heterocycles. The van der Waals surface area contributed by atoms with Gasteiger partial charge < -0.3 is 10.3 Å². The second kappa shape index (κ2) is 4.44. The van der Waals surface area contributed by atoms with Crippen LogP contribution in [0.15, 0.2) is 24.5 Å². The summed E-state index contributed by atoms with van der Waals surface area (Å²) < 4.78 is 0. The predicted octanol–water partition coefficient (Wildman–Crippen LogP) is 2.72. The fraction of sp³-hybridized carbons (Fsp3) is 0.267. The first-order chi connectivity index (χ1) is 10.2. The van der Waals surface area contributed by atoms with Crippen molar-refractivity contribution in [3.63, 3.8) is 0 Å². The number of hydrogen-bond donors (Lipinski definition) is 3. The van der Waals surface area contributed by atoms with Crippen LogP contribution in [0.4, 0.5) is 5.82 Å². The zero-order chi connectivity index (χ0) is 14.4. The van der Waals surface area contributed by atoms with Gasteiger partial charge in [0.2, 0.25) is 0 Å². The Bertz CT molecular complexity index is 828. The number of anilines is 1. The smallest absolute Gasteiger partial charge is 0.259 e. The van der Waals surface area contributed by atoms with E-state index in [0.29, 0.717) is 22.9 Å². The minimum atomic E-state index is -0.175. The van der Waals surface area contributed by atoms with E-state index in [1.54, 1.807) is 12.4 Å².